The summed E-state index contributed by atoms with van der Waals surface area (Å²) in [5.41, 5.74) is 3.69. The Hall–Kier alpha value is -2.18. The predicted octanol–water partition coefficient (Wildman–Crippen LogP) is 2.63. The second-order valence-corrected chi connectivity index (χ2v) is 7.56. The van der Waals surface area contributed by atoms with Gasteiger partial charge in [0.15, 0.2) is 5.82 Å². The molecule has 1 fully saturated rings. The van der Waals surface area contributed by atoms with Gasteiger partial charge >= 0.3 is 0 Å². The topological polar surface area (TPSA) is 88.5 Å². The lowest BCUT2D eigenvalue weighted by atomic mass is 9.94. The van der Waals surface area contributed by atoms with E-state index in [0.717, 1.165) is 24.4 Å². The van der Waals surface area contributed by atoms with E-state index in [9.17, 15) is 4.79 Å². The van der Waals surface area contributed by atoms with Gasteiger partial charge < -0.3 is 9.88 Å². The number of carbonyl (C=O) groups is 1. The molecule has 7 heteroatoms. The van der Waals surface area contributed by atoms with Crippen molar-refractivity contribution in [2.75, 3.05) is 0 Å². The maximum Gasteiger partial charge on any atom is 0.220 e. The fraction of sp³-hybridized carbons (Fsp3) is 0.684. The highest BCUT2D eigenvalue weighted by atomic mass is 16.1. The van der Waals surface area contributed by atoms with Crippen molar-refractivity contribution in [3.8, 4) is 0 Å². The molecule has 4 rings (SSSR count). The summed E-state index contributed by atoms with van der Waals surface area (Å²) < 4.78 is 2.16. The zero-order chi connectivity index (χ0) is 17.8. The molecule has 2 aliphatic rings. The van der Waals surface area contributed by atoms with Crippen molar-refractivity contribution >= 4 is 5.91 Å². The van der Waals surface area contributed by atoms with Gasteiger partial charge in [0.25, 0.3) is 0 Å². The van der Waals surface area contributed by atoms with E-state index >= 15 is 0 Å². The molecule has 0 spiro atoms. The van der Waals surface area contributed by atoms with E-state index in [2.05, 4.69) is 30.3 Å². The highest BCUT2D eigenvalue weighted by Gasteiger charge is 2.20. The number of nitrogens with one attached hydrogen (secondary N) is 2. The Morgan fingerprint density at radius 3 is 2.92 bits per heavy atom. The molecule has 140 valence electrons. The van der Waals surface area contributed by atoms with E-state index in [1.165, 1.54) is 56.2 Å². The summed E-state index contributed by atoms with van der Waals surface area (Å²) in [7, 11) is 0. The first-order chi connectivity index (χ1) is 12.8. The van der Waals surface area contributed by atoms with Crippen LogP contribution in [0.5, 0.6) is 0 Å². The highest BCUT2D eigenvalue weighted by Crippen LogP contribution is 2.28. The normalized spacial score (nSPS) is 17.8. The summed E-state index contributed by atoms with van der Waals surface area (Å²) in [5.74, 6) is 0.915. The van der Waals surface area contributed by atoms with Crippen LogP contribution in [0.2, 0.25) is 0 Å². The second kappa shape index (κ2) is 8.01. The van der Waals surface area contributed by atoms with Crippen molar-refractivity contribution in [2.45, 2.75) is 83.2 Å². The van der Waals surface area contributed by atoms with Gasteiger partial charge in [-0.3, -0.25) is 9.89 Å². The minimum atomic E-state index is 0.0516. The van der Waals surface area contributed by atoms with E-state index in [1.54, 1.807) is 0 Å². The molecule has 1 saturated carbocycles. The first-order valence-electron chi connectivity index (χ1n) is 10.0. The SMILES string of the molecule is O=C(CCc1n[nH]c2c1CCCC2)NCc1nncn1C1CCCCC1. The lowest BCUT2D eigenvalue weighted by Gasteiger charge is -2.24. The quantitative estimate of drug-likeness (QED) is 0.833. The molecule has 2 aromatic heterocycles. The summed E-state index contributed by atoms with van der Waals surface area (Å²) in [5, 5.41) is 18.8. The molecule has 0 unspecified atom stereocenters. The molecule has 0 bridgehead atoms. The molecule has 2 aromatic rings. The number of hydrogen-bond acceptors (Lipinski definition) is 4. The molecule has 0 aromatic carbocycles. The Labute approximate surface area is 154 Å². The van der Waals surface area contributed by atoms with Gasteiger partial charge in [-0.25, -0.2) is 0 Å². The van der Waals surface area contributed by atoms with Gasteiger partial charge in [-0.2, -0.15) is 5.10 Å². The summed E-state index contributed by atoms with van der Waals surface area (Å²) in [6.45, 7) is 0.452. The Bertz CT molecular complexity index is 743. The zero-order valence-corrected chi connectivity index (χ0v) is 15.3. The zero-order valence-electron chi connectivity index (χ0n) is 15.3. The largest absolute Gasteiger partial charge is 0.349 e. The van der Waals surface area contributed by atoms with Crippen LogP contribution < -0.4 is 5.32 Å². The van der Waals surface area contributed by atoms with Gasteiger partial charge in [-0.05, 0) is 44.1 Å². The van der Waals surface area contributed by atoms with Gasteiger partial charge in [0.05, 0.1) is 12.2 Å². The van der Waals surface area contributed by atoms with Crippen molar-refractivity contribution in [1.82, 2.24) is 30.3 Å². The Morgan fingerprint density at radius 1 is 1.19 bits per heavy atom. The van der Waals surface area contributed by atoms with Crippen molar-refractivity contribution in [3.63, 3.8) is 0 Å². The molecule has 2 aliphatic carbocycles. The Balaban J connectivity index is 1.28. The number of hydrogen-bond donors (Lipinski definition) is 2. The maximum absolute atomic E-state index is 12.3. The first-order valence-corrected chi connectivity index (χ1v) is 10.0. The second-order valence-electron chi connectivity index (χ2n) is 7.56. The number of carbonyl (C=O) groups excluding carboxylic acids is 1. The van der Waals surface area contributed by atoms with Crippen LogP contribution in [-0.2, 0) is 30.6 Å². The summed E-state index contributed by atoms with van der Waals surface area (Å²) in [4.78, 5) is 12.3. The Kier molecular flexibility index (Phi) is 5.32. The average Bonchev–Trinajstić information content (AvgIpc) is 3.32. The van der Waals surface area contributed by atoms with Crippen LogP contribution in [-0.4, -0.2) is 30.9 Å². The van der Waals surface area contributed by atoms with E-state index in [-0.39, 0.29) is 5.91 Å². The minimum Gasteiger partial charge on any atom is -0.349 e. The average molecular weight is 356 g/mol. The van der Waals surface area contributed by atoms with E-state index < -0.39 is 0 Å². The summed E-state index contributed by atoms with van der Waals surface area (Å²) in [6, 6.07) is 0.487. The molecule has 2 heterocycles. The highest BCUT2D eigenvalue weighted by molar-refractivity contribution is 5.76. The smallest absolute Gasteiger partial charge is 0.220 e. The van der Waals surface area contributed by atoms with Crippen molar-refractivity contribution in [1.29, 1.82) is 0 Å². The maximum atomic E-state index is 12.3. The van der Waals surface area contributed by atoms with Crippen molar-refractivity contribution < 1.29 is 4.79 Å². The fourth-order valence-corrected chi connectivity index (χ4v) is 4.31. The van der Waals surface area contributed by atoms with E-state index in [0.29, 0.717) is 25.4 Å². The number of amides is 1. The molecule has 7 nitrogen and oxygen atoms in total. The minimum absolute atomic E-state index is 0.0516. The third-order valence-corrected chi connectivity index (χ3v) is 5.79. The first kappa shape index (κ1) is 17.2. The third-order valence-electron chi connectivity index (χ3n) is 5.79. The van der Waals surface area contributed by atoms with Crippen LogP contribution in [0.25, 0.3) is 0 Å². The van der Waals surface area contributed by atoms with Gasteiger partial charge in [0, 0.05) is 24.6 Å². The number of aromatic amines is 1. The van der Waals surface area contributed by atoms with E-state index in [1.807, 2.05) is 6.33 Å². The molecular formula is C19H28N6O. The molecule has 0 aliphatic heterocycles. The molecule has 2 N–H and O–H groups in total. The number of rotatable bonds is 6. The number of nitrogens with zero attached hydrogens (tertiary/aromatic N) is 4. The predicted molar refractivity (Wildman–Crippen MR) is 97.5 cm³/mol. The monoisotopic (exact) mass is 356 g/mol. The number of aryl methyl sites for hydroxylation is 2. The van der Waals surface area contributed by atoms with Crippen LogP contribution >= 0.6 is 0 Å². The molecule has 0 atom stereocenters. The number of aromatic nitrogens is 5. The van der Waals surface area contributed by atoms with Crippen LogP contribution in [0.4, 0.5) is 0 Å². The third kappa shape index (κ3) is 3.81. The van der Waals surface area contributed by atoms with Gasteiger partial charge in [-0.1, -0.05) is 19.3 Å². The standard InChI is InChI=1S/C19H28N6O/c26-19(11-10-17-15-8-4-5-9-16(15)22-23-17)20-12-18-24-21-13-25(18)14-6-2-1-3-7-14/h13-14H,1-12H2,(H,20,26)(H,22,23). The van der Waals surface area contributed by atoms with Gasteiger partial charge in [-0.15, -0.1) is 10.2 Å². The van der Waals surface area contributed by atoms with Crippen LogP contribution in [0.1, 0.15) is 80.2 Å². The molecule has 0 radical (unpaired) electrons. The Morgan fingerprint density at radius 2 is 2.04 bits per heavy atom. The summed E-state index contributed by atoms with van der Waals surface area (Å²) in [6.07, 6.45) is 13.8. The van der Waals surface area contributed by atoms with E-state index in [4.69, 9.17) is 0 Å². The lowest BCUT2D eigenvalue weighted by Crippen LogP contribution is -2.26. The fourth-order valence-electron chi connectivity index (χ4n) is 4.31. The molecular weight excluding hydrogens is 328 g/mol. The number of fused-ring (bicyclic) bond motifs is 1. The molecule has 0 saturated heterocycles. The van der Waals surface area contributed by atoms with Crippen molar-refractivity contribution in [2.24, 2.45) is 0 Å². The summed E-state index contributed by atoms with van der Waals surface area (Å²) >= 11 is 0. The van der Waals surface area contributed by atoms with Crippen molar-refractivity contribution in [3.05, 3.63) is 29.1 Å². The van der Waals surface area contributed by atoms with Crippen LogP contribution in [0.3, 0.4) is 0 Å². The lowest BCUT2D eigenvalue weighted by molar-refractivity contribution is -0.121. The van der Waals surface area contributed by atoms with Gasteiger partial charge in [0.1, 0.15) is 6.33 Å². The van der Waals surface area contributed by atoms with Gasteiger partial charge in [0.2, 0.25) is 5.91 Å². The number of H-pyrrole nitrogens is 1. The van der Waals surface area contributed by atoms with Crippen LogP contribution in [0.15, 0.2) is 6.33 Å². The molecule has 26 heavy (non-hydrogen) atoms. The van der Waals surface area contributed by atoms with Crippen LogP contribution in [0, 0.1) is 0 Å². The molecule has 1 amide bonds.